The van der Waals surface area contributed by atoms with Gasteiger partial charge in [0.15, 0.2) is 0 Å². The van der Waals surface area contributed by atoms with Gasteiger partial charge in [-0.1, -0.05) is 0 Å². The van der Waals surface area contributed by atoms with E-state index in [0.717, 1.165) is 38.8 Å². The second-order valence-corrected chi connectivity index (χ2v) is 10.7. The highest BCUT2D eigenvalue weighted by Gasteiger charge is 2.31. The first-order valence-corrected chi connectivity index (χ1v) is 14.3. The number of urea groups is 1. The number of benzene rings is 1. The maximum atomic E-state index is 12.9. The van der Waals surface area contributed by atoms with Gasteiger partial charge in [-0.25, -0.2) is 9.78 Å². The molecule has 2 aromatic rings. The zero-order valence-electron chi connectivity index (χ0n) is 23.0. The van der Waals surface area contributed by atoms with Crippen LogP contribution in [0, 0.1) is 0 Å². The number of alkyl halides is 3. The fourth-order valence-electron chi connectivity index (χ4n) is 5.53. The number of morpholine rings is 1. The smallest absolute Gasteiger partial charge is 0.474 e. The molecular formula is C28H37F3N6O4. The van der Waals surface area contributed by atoms with Crippen molar-refractivity contribution in [1.29, 1.82) is 0 Å². The maximum Gasteiger partial charge on any atom is 0.573 e. The Labute approximate surface area is 237 Å². The normalized spacial score (nSPS) is 22.2. The summed E-state index contributed by atoms with van der Waals surface area (Å²) in [6, 6.07) is 5.42. The monoisotopic (exact) mass is 578 g/mol. The molecule has 0 unspecified atom stereocenters. The minimum absolute atomic E-state index is 0.0147. The molecular weight excluding hydrogens is 541 g/mol. The molecule has 2 amide bonds. The molecule has 3 heterocycles. The number of nitrogens with one attached hydrogen (secondary N) is 2. The first-order valence-electron chi connectivity index (χ1n) is 14.3. The van der Waals surface area contributed by atoms with Crippen LogP contribution in [0.3, 0.4) is 0 Å². The third-order valence-corrected chi connectivity index (χ3v) is 7.52. The summed E-state index contributed by atoms with van der Waals surface area (Å²) in [5.41, 5.74) is 0.840. The average Bonchev–Trinajstić information content (AvgIpc) is 2.94. The summed E-state index contributed by atoms with van der Waals surface area (Å²) in [6.45, 7) is 4.82. The number of rotatable bonds is 8. The van der Waals surface area contributed by atoms with Gasteiger partial charge in [0.05, 0.1) is 13.2 Å². The number of piperidine rings is 1. The van der Waals surface area contributed by atoms with E-state index in [1.807, 2.05) is 0 Å². The molecule has 41 heavy (non-hydrogen) atoms. The molecule has 224 valence electrons. The number of aromatic nitrogens is 2. The van der Waals surface area contributed by atoms with Gasteiger partial charge >= 0.3 is 12.4 Å². The summed E-state index contributed by atoms with van der Waals surface area (Å²) in [7, 11) is 0. The molecule has 3 aliphatic rings. The lowest BCUT2D eigenvalue weighted by atomic mass is 9.93. The lowest BCUT2D eigenvalue weighted by Crippen LogP contribution is -2.41. The molecule has 1 aliphatic carbocycles. The van der Waals surface area contributed by atoms with E-state index in [1.54, 1.807) is 18.3 Å². The van der Waals surface area contributed by atoms with Crippen molar-refractivity contribution in [2.24, 2.45) is 0 Å². The van der Waals surface area contributed by atoms with Gasteiger partial charge in [-0.2, -0.15) is 4.98 Å². The lowest BCUT2D eigenvalue weighted by Gasteiger charge is -2.30. The number of nitrogens with zero attached hydrogens (tertiary/aromatic N) is 4. The highest BCUT2D eigenvalue weighted by molar-refractivity contribution is 5.89. The first kappa shape index (κ1) is 29.2. The molecule has 2 N–H and O–H groups in total. The van der Waals surface area contributed by atoms with Gasteiger partial charge in [0.25, 0.3) is 0 Å². The molecule has 0 atom stereocenters. The van der Waals surface area contributed by atoms with Crippen LogP contribution >= 0.6 is 0 Å². The Hall–Kier alpha value is -3.32. The van der Waals surface area contributed by atoms with Crippen LogP contribution in [0.25, 0.3) is 0 Å². The summed E-state index contributed by atoms with van der Waals surface area (Å²) in [6.07, 6.45) is 3.30. The fraction of sp³-hybridized carbons (Fsp3) is 0.607. The maximum absolute atomic E-state index is 12.9. The average molecular weight is 579 g/mol. The summed E-state index contributed by atoms with van der Waals surface area (Å²) < 4.78 is 54.5. The molecule has 0 spiro atoms. The topological polar surface area (TPSA) is 101 Å². The summed E-state index contributed by atoms with van der Waals surface area (Å²) in [4.78, 5) is 26.0. The van der Waals surface area contributed by atoms with Gasteiger partial charge in [-0.05, 0) is 62.6 Å². The van der Waals surface area contributed by atoms with Crippen LogP contribution < -0.4 is 25.0 Å². The minimum Gasteiger partial charge on any atom is -0.474 e. The number of hydrogen-bond acceptors (Lipinski definition) is 8. The van der Waals surface area contributed by atoms with Gasteiger partial charge in [0.1, 0.15) is 11.9 Å². The zero-order chi connectivity index (χ0) is 28.7. The van der Waals surface area contributed by atoms with E-state index >= 15 is 0 Å². The fourth-order valence-corrected chi connectivity index (χ4v) is 5.53. The molecule has 2 saturated heterocycles. The van der Waals surface area contributed by atoms with Gasteiger partial charge in [0.2, 0.25) is 11.8 Å². The van der Waals surface area contributed by atoms with Crippen molar-refractivity contribution in [2.45, 2.75) is 70.0 Å². The van der Waals surface area contributed by atoms with Crippen molar-refractivity contribution in [3.63, 3.8) is 0 Å². The summed E-state index contributed by atoms with van der Waals surface area (Å²) in [5, 5.41) is 5.63. The van der Waals surface area contributed by atoms with E-state index in [-0.39, 0.29) is 23.6 Å². The zero-order valence-corrected chi connectivity index (χ0v) is 23.0. The molecule has 1 aromatic heterocycles. The van der Waals surface area contributed by atoms with E-state index < -0.39 is 12.4 Å². The quantitative estimate of drug-likeness (QED) is 0.465. The minimum atomic E-state index is -4.83. The summed E-state index contributed by atoms with van der Waals surface area (Å²) >= 11 is 0. The molecule has 1 saturated carbocycles. The Kier molecular flexibility index (Phi) is 9.65. The van der Waals surface area contributed by atoms with Crippen molar-refractivity contribution in [3.05, 3.63) is 36.0 Å². The van der Waals surface area contributed by atoms with Gasteiger partial charge in [0, 0.05) is 62.8 Å². The van der Waals surface area contributed by atoms with E-state index in [2.05, 4.69) is 35.1 Å². The van der Waals surface area contributed by atoms with Crippen LogP contribution in [-0.2, 0) is 11.3 Å². The number of ether oxygens (including phenoxy) is 3. The van der Waals surface area contributed by atoms with E-state index in [0.29, 0.717) is 63.1 Å². The van der Waals surface area contributed by atoms with Crippen molar-refractivity contribution in [3.8, 4) is 11.6 Å². The largest absolute Gasteiger partial charge is 0.573 e. The molecule has 0 bridgehead atoms. The number of anilines is 2. The lowest BCUT2D eigenvalue weighted by molar-refractivity contribution is -0.274. The Morgan fingerprint density at radius 2 is 1.78 bits per heavy atom. The van der Waals surface area contributed by atoms with Crippen LogP contribution in [0.2, 0.25) is 0 Å². The van der Waals surface area contributed by atoms with Gasteiger partial charge in [-0.3, -0.25) is 4.90 Å². The van der Waals surface area contributed by atoms with Gasteiger partial charge in [-0.15, -0.1) is 13.2 Å². The Morgan fingerprint density at radius 1 is 1.02 bits per heavy atom. The van der Waals surface area contributed by atoms with Crippen LogP contribution in [-0.4, -0.2) is 78.8 Å². The van der Waals surface area contributed by atoms with Crippen LogP contribution in [0.15, 0.2) is 30.5 Å². The highest BCUT2D eigenvalue weighted by Crippen LogP contribution is 2.29. The Morgan fingerprint density at radius 3 is 2.51 bits per heavy atom. The van der Waals surface area contributed by atoms with Crippen LogP contribution in [0.5, 0.6) is 11.6 Å². The molecule has 3 fully saturated rings. The highest BCUT2D eigenvalue weighted by atomic mass is 19.4. The molecule has 0 radical (unpaired) electrons. The Bertz CT molecular complexity index is 1150. The summed E-state index contributed by atoms with van der Waals surface area (Å²) in [5.74, 6) is 0.889. The molecule has 5 rings (SSSR count). The number of amides is 2. The van der Waals surface area contributed by atoms with Crippen LogP contribution in [0.1, 0.15) is 50.5 Å². The molecule has 1 aromatic carbocycles. The third-order valence-electron chi connectivity index (χ3n) is 7.52. The van der Waals surface area contributed by atoms with E-state index in [4.69, 9.17) is 9.47 Å². The molecule has 13 heteroatoms. The molecule has 10 nitrogen and oxygen atoms in total. The molecule has 2 aliphatic heterocycles. The number of halogens is 3. The second kappa shape index (κ2) is 13.6. The van der Waals surface area contributed by atoms with E-state index in [9.17, 15) is 18.0 Å². The number of hydrogen-bond donors (Lipinski definition) is 2. The van der Waals surface area contributed by atoms with Crippen molar-refractivity contribution in [1.82, 2.24) is 20.2 Å². The first-order chi connectivity index (χ1) is 19.8. The Balaban J connectivity index is 1.12. The van der Waals surface area contributed by atoms with Crippen molar-refractivity contribution >= 4 is 17.7 Å². The van der Waals surface area contributed by atoms with Crippen LogP contribution in [0.4, 0.5) is 29.6 Å². The SMILES string of the molecule is O=C(Nc1cc(CN2CCOCC2)cc(OC(F)(F)F)c1)NC1CCC(Oc2ccnc(N3CCCCC3)n2)CC1. The number of carbonyl (C=O) groups excluding carboxylic acids is 1. The predicted octanol–water partition coefficient (Wildman–Crippen LogP) is 4.71. The van der Waals surface area contributed by atoms with Crippen molar-refractivity contribution < 1.29 is 32.2 Å². The third kappa shape index (κ3) is 9.09. The van der Waals surface area contributed by atoms with Gasteiger partial charge < -0.3 is 29.7 Å². The second-order valence-electron chi connectivity index (χ2n) is 10.7. The van der Waals surface area contributed by atoms with E-state index in [1.165, 1.54) is 18.6 Å². The predicted molar refractivity (Wildman–Crippen MR) is 146 cm³/mol. The van der Waals surface area contributed by atoms with Crippen molar-refractivity contribution in [2.75, 3.05) is 49.6 Å². The number of carbonyl (C=O) groups is 1. The standard InChI is InChI=1S/C28H37F3N6O4/c29-28(30,31)41-24-17-20(19-36-12-14-39-15-13-36)16-22(18-24)34-27(38)33-21-4-6-23(7-5-21)40-25-8-9-32-26(35-25)37-10-2-1-3-11-37/h8-9,16-18,21,23H,1-7,10-15,19H2,(H2,33,34,38).